The highest BCUT2D eigenvalue weighted by Gasteiger charge is 2.28. The number of β-amino-alcohol motifs (C(OH)–C–C–N with tert-alkyl or cyclic N) is 1. The van der Waals surface area contributed by atoms with Crippen LogP contribution in [0.15, 0.2) is 10.7 Å². The average molecular weight is 272 g/mol. The number of hydrogen-bond acceptors (Lipinski definition) is 4. The summed E-state index contributed by atoms with van der Waals surface area (Å²) in [5, 5.41) is 9.67. The molecule has 0 amide bonds. The minimum atomic E-state index is -0.251. The van der Waals surface area contributed by atoms with Gasteiger partial charge in [0.25, 0.3) is 0 Å². The first-order valence-electron chi connectivity index (χ1n) is 5.00. The molecule has 1 aliphatic rings. The van der Waals surface area contributed by atoms with Crippen LogP contribution >= 0.6 is 15.9 Å². The van der Waals surface area contributed by atoms with E-state index in [4.69, 9.17) is 0 Å². The molecule has 0 radical (unpaired) electrons. The van der Waals surface area contributed by atoms with Crippen LogP contribution in [0.2, 0.25) is 0 Å². The zero-order valence-electron chi connectivity index (χ0n) is 8.81. The van der Waals surface area contributed by atoms with E-state index in [0.29, 0.717) is 12.5 Å². The third-order valence-corrected chi connectivity index (χ3v) is 3.10. The molecule has 0 saturated carbocycles. The fourth-order valence-electron chi connectivity index (χ4n) is 1.82. The van der Waals surface area contributed by atoms with Crippen LogP contribution in [0.4, 0.5) is 5.82 Å². The van der Waals surface area contributed by atoms with E-state index in [1.807, 2.05) is 19.9 Å². The second kappa shape index (κ2) is 4.06. The van der Waals surface area contributed by atoms with Crippen LogP contribution in [0, 0.1) is 12.8 Å². The molecule has 2 heterocycles. The summed E-state index contributed by atoms with van der Waals surface area (Å²) in [5.41, 5.74) is 0. The number of anilines is 1. The highest BCUT2D eigenvalue weighted by atomic mass is 79.9. The number of aliphatic hydroxyl groups is 1. The van der Waals surface area contributed by atoms with Crippen LogP contribution in [0.5, 0.6) is 0 Å². The van der Waals surface area contributed by atoms with Crippen LogP contribution in [0.25, 0.3) is 0 Å². The summed E-state index contributed by atoms with van der Waals surface area (Å²) in [7, 11) is 0. The minimum absolute atomic E-state index is 0.251. The molecule has 0 aliphatic carbocycles. The molecule has 0 spiro atoms. The molecule has 1 aliphatic heterocycles. The Balaban J connectivity index is 2.23. The maximum absolute atomic E-state index is 9.67. The van der Waals surface area contributed by atoms with Crippen molar-refractivity contribution in [2.75, 3.05) is 18.0 Å². The summed E-state index contributed by atoms with van der Waals surface area (Å²) in [4.78, 5) is 10.6. The number of aromatic nitrogens is 2. The zero-order chi connectivity index (χ0) is 11.0. The van der Waals surface area contributed by atoms with Crippen molar-refractivity contribution in [2.24, 2.45) is 5.92 Å². The number of nitrogens with zero attached hydrogens (tertiary/aromatic N) is 3. The van der Waals surface area contributed by atoms with Gasteiger partial charge < -0.3 is 10.0 Å². The van der Waals surface area contributed by atoms with E-state index in [9.17, 15) is 5.11 Å². The third-order valence-electron chi connectivity index (χ3n) is 2.69. The molecule has 2 atom stereocenters. The fourth-order valence-corrected chi connectivity index (χ4v) is 2.28. The highest BCUT2D eigenvalue weighted by Crippen LogP contribution is 2.23. The predicted molar refractivity (Wildman–Crippen MR) is 61.9 cm³/mol. The Kier molecular flexibility index (Phi) is 2.93. The maximum atomic E-state index is 9.67. The topological polar surface area (TPSA) is 49.2 Å². The molecule has 0 aromatic carbocycles. The van der Waals surface area contributed by atoms with E-state index in [2.05, 4.69) is 30.8 Å². The molecule has 1 fully saturated rings. The van der Waals surface area contributed by atoms with Gasteiger partial charge in [-0.05, 0) is 22.9 Å². The predicted octanol–water partition coefficient (Wildman–Crippen LogP) is 1.36. The number of aryl methyl sites for hydroxylation is 1. The Labute approximate surface area is 97.5 Å². The standard InChI is InChI=1S/C10H14BrN3O/c1-6-4-14(5-8(6)15)10-3-9(11)12-7(2)13-10/h3,6,8,15H,4-5H2,1-2H3. The average Bonchev–Trinajstić information content (AvgIpc) is 2.45. The Hall–Kier alpha value is -0.680. The summed E-state index contributed by atoms with van der Waals surface area (Å²) in [6.45, 7) is 5.42. The molecular formula is C10H14BrN3O. The van der Waals surface area contributed by atoms with Gasteiger partial charge in [0.1, 0.15) is 16.2 Å². The third kappa shape index (κ3) is 2.29. The van der Waals surface area contributed by atoms with Crippen LogP contribution in [0.1, 0.15) is 12.7 Å². The first-order valence-corrected chi connectivity index (χ1v) is 5.80. The molecule has 1 saturated heterocycles. The quantitative estimate of drug-likeness (QED) is 0.784. The second-order valence-electron chi connectivity index (χ2n) is 4.05. The highest BCUT2D eigenvalue weighted by molar-refractivity contribution is 9.10. The smallest absolute Gasteiger partial charge is 0.133 e. The van der Waals surface area contributed by atoms with Crippen molar-refractivity contribution < 1.29 is 5.11 Å². The van der Waals surface area contributed by atoms with Crippen molar-refractivity contribution in [1.82, 2.24) is 9.97 Å². The lowest BCUT2D eigenvalue weighted by Gasteiger charge is -2.16. The summed E-state index contributed by atoms with van der Waals surface area (Å²) in [5.74, 6) is 1.94. The van der Waals surface area contributed by atoms with Crippen LogP contribution in [-0.4, -0.2) is 34.3 Å². The maximum Gasteiger partial charge on any atom is 0.133 e. The summed E-state index contributed by atoms with van der Waals surface area (Å²) < 4.78 is 0.791. The first-order chi connectivity index (χ1) is 7.06. The van der Waals surface area contributed by atoms with Crippen molar-refractivity contribution in [3.63, 3.8) is 0 Å². The molecule has 82 valence electrons. The molecular weight excluding hydrogens is 258 g/mol. The molecule has 2 unspecified atom stereocenters. The fraction of sp³-hybridized carbons (Fsp3) is 0.600. The van der Waals surface area contributed by atoms with Crippen LogP contribution in [-0.2, 0) is 0 Å². The van der Waals surface area contributed by atoms with Gasteiger partial charge in [-0.25, -0.2) is 9.97 Å². The summed E-state index contributed by atoms with van der Waals surface area (Å²) in [6, 6.07) is 1.89. The first kappa shape index (κ1) is 10.8. The van der Waals surface area contributed by atoms with Gasteiger partial charge in [-0.15, -0.1) is 0 Å². The van der Waals surface area contributed by atoms with Crippen molar-refractivity contribution in [3.05, 3.63) is 16.5 Å². The zero-order valence-corrected chi connectivity index (χ0v) is 10.4. The number of aliphatic hydroxyl groups excluding tert-OH is 1. The number of hydrogen-bond donors (Lipinski definition) is 1. The molecule has 5 heteroatoms. The molecule has 15 heavy (non-hydrogen) atoms. The van der Waals surface area contributed by atoms with E-state index >= 15 is 0 Å². The van der Waals surface area contributed by atoms with Gasteiger partial charge >= 0.3 is 0 Å². The Morgan fingerprint density at radius 2 is 2.20 bits per heavy atom. The van der Waals surface area contributed by atoms with Crippen LogP contribution < -0.4 is 4.90 Å². The van der Waals surface area contributed by atoms with Gasteiger partial charge in [-0.3, -0.25) is 0 Å². The normalized spacial score (nSPS) is 26.0. The van der Waals surface area contributed by atoms with Crippen molar-refractivity contribution in [3.8, 4) is 0 Å². The lowest BCUT2D eigenvalue weighted by Crippen LogP contribution is -2.22. The molecule has 2 rings (SSSR count). The number of rotatable bonds is 1. The van der Waals surface area contributed by atoms with Gasteiger partial charge in [0.15, 0.2) is 0 Å². The number of halogens is 1. The van der Waals surface area contributed by atoms with Gasteiger partial charge in [0.2, 0.25) is 0 Å². The van der Waals surface area contributed by atoms with Crippen LogP contribution in [0.3, 0.4) is 0 Å². The largest absolute Gasteiger partial charge is 0.391 e. The Morgan fingerprint density at radius 1 is 1.47 bits per heavy atom. The van der Waals surface area contributed by atoms with Crippen molar-refractivity contribution >= 4 is 21.7 Å². The lowest BCUT2D eigenvalue weighted by atomic mass is 10.1. The molecule has 4 nitrogen and oxygen atoms in total. The molecule has 0 bridgehead atoms. The van der Waals surface area contributed by atoms with E-state index in [1.54, 1.807) is 0 Å². The minimum Gasteiger partial charge on any atom is -0.391 e. The molecule has 1 aromatic rings. The van der Waals surface area contributed by atoms with Crippen molar-refractivity contribution in [2.45, 2.75) is 20.0 Å². The summed E-state index contributed by atoms with van der Waals surface area (Å²) >= 11 is 3.35. The van der Waals surface area contributed by atoms with Crippen molar-refractivity contribution in [1.29, 1.82) is 0 Å². The van der Waals surface area contributed by atoms with E-state index in [0.717, 1.165) is 22.8 Å². The molecule has 1 aromatic heterocycles. The molecule has 1 N–H and O–H groups in total. The van der Waals surface area contributed by atoms with E-state index in [1.165, 1.54) is 0 Å². The summed E-state index contributed by atoms with van der Waals surface area (Å²) in [6.07, 6.45) is -0.251. The Bertz CT molecular complexity index is 341. The van der Waals surface area contributed by atoms with Gasteiger partial charge in [0.05, 0.1) is 6.10 Å². The van der Waals surface area contributed by atoms with Gasteiger partial charge in [0, 0.05) is 25.1 Å². The second-order valence-corrected chi connectivity index (χ2v) is 4.86. The van der Waals surface area contributed by atoms with E-state index < -0.39 is 0 Å². The van der Waals surface area contributed by atoms with E-state index in [-0.39, 0.29) is 6.10 Å². The SMILES string of the molecule is Cc1nc(Br)cc(N2CC(C)C(O)C2)n1. The Morgan fingerprint density at radius 3 is 2.73 bits per heavy atom. The monoisotopic (exact) mass is 271 g/mol. The van der Waals surface area contributed by atoms with Gasteiger partial charge in [-0.2, -0.15) is 0 Å². The van der Waals surface area contributed by atoms with Gasteiger partial charge in [-0.1, -0.05) is 6.92 Å². The lowest BCUT2D eigenvalue weighted by molar-refractivity contribution is 0.157.